The topological polar surface area (TPSA) is 63.3 Å². The molecule has 0 bridgehead atoms. The first-order chi connectivity index (χ1) is 4.09. The Balaban J connectivity index is 3.91. The lowest BCUT2D eigenvalue weighted by molar-refractivity contribution is -0.138. The maximum atomic E-state index is 9.96. The minimum absolute atomic E-state index is 1.15. The van der Waals surface area contributed by atoms with E-state index in [-0.39, 0.29) is 0 Å². The molecule has 3 heteroatoms. The Hall–Kier alpha value is -1.01. The second-order valence-electron chi connectivity index (χ2n) is 1.20. The quantitative estimate of drug-likeness (QED) is 0.472. The van der Waals surface area contributed by atoms with Crippen molar-refractivity contribution in [2.75, 3.05) is 0 Å². The van der Waals surface area contributed by atoms with Gasteiger partial charge in [0.2, 0.25) is 0 Å². The Morgan fingerprint density at radius 2 is 2.75 bits per heavy atom. The summed E-state index contributed by atoms with van der Waals surface area (Å²) in [4.78, 5) is 9.96. The molecule has 0 aliphatic rings. The molecule has 44 valence electrons. The van der Waals surface area contributed by atoms with Crippen molar-refractivity contribution in [3.63, 3.8) is 0 Å². The van der Waals surface area contributed by atoms with Crippen LogP contribution in [0.15, 0.2) is 0 Å². The Morgan fingerprint density at radius 3 is 2.88 bits per heavy atom. The van der Waals surface area contributed by atoms with E-state index in [9.17, 15) is 4.79 Å². The van der Waals surface area contributed by atoms with Crippen molar-refractivity contribution in [1.29, 1.82) is 0 Å². The fourth-order valence-electron chi connectivity index (χ4n) is 0.175. The van der Waals surface area contributed by atoms with Crippen LogP contribution >= 0.6 is 0 Å². The zero-order valence-corrected chi connectivity index (χ0v) is 4.16. The Kier molecular flexibility index (Phi) is 1.96. The molecule has 0 saturated heterocycles. The third kappa shape index (κ3) is 2.21. The monoisotopic (exact) mass is 114 g/mol. The molecule has 2 atom stereocenters. The summed E-state index contributed by atoms with van der Waals surface area (Å²) in [6, 6.07) is -1.27. The normalized spacial score (nSPS) is 17.8. The predicted molar refractivity (Wildman–Crippen MR) is 29.1 cm³/mol. The fourth-order valence-corrected chi connectivity index (χ4v) is 0.175. The summed E-state index contributed by atoms with van der Waals surface area (Å²) >= 11 is 0. The molecule has 0 aliphatic carbocycles. The summed E-state index contributed by atoms with van der Waals surface area (Å²) in [5.41, 5.74) is 4.94. The highest BCUT2D eigenvalue weighted by Crippen LogP contribution is 1.82. The molecule has 0 heterocycles. The van der Waals surface area contributed by atoms with E-state index < -0.39 is 18.4 Å². The number of aliphatic carboxylic acids is 1. The summed E-state index contributed by atoms with van der Waals surface area (Å²) < 4.78 is 6.82. The van der Waals surface area contributed by atoms with Crippen molar-refractivity contribution in [1.82, 2.24) is 0 Å². The van der Waals surface area contributed by atoms with Crippen LogP contribution in [0.3, 0.4) is 0 Å². The molecule has 0 aromatic carbocycles. The van der Waals surface area contributed by atoms with Gasteiger partial charge >= 0.3 is 5.97 Å². The molecule has 0 unspecified atom stereocenters. The third-order valence-electron chi connectivity index (χ3n) is 0.561. The van der Waals surface area contributed by atoms with Gasteiger partial charge in [0.1, 0.15) is 6.04 Å². The van der Waals surface area contributed by atoms with Gasteiger partial charge in [0.05, 0.1) is 0 Å². The van der Waals surface area contributed by atoms with E-state index in [2.05, 4.69) is 0 Å². The first kappa shape index (κ1) is 5.13. The van der Waals surface area contributed by atoms with Gasteiger partial charge in [0.15, 0.2) is 0 Å². The van der Waals surface area contributed by atoms with Crippen molar-refractivity contribution in [2.24, 2.45) is 5.73 Å². The van der Waals surface area contributed by atoms with Gasteiger partial charge in [-0.15, -0.1) is 12.3 Å². The van der Waals surface area contributed by atoms with E-state index >= 15 is 0 Å². The Labute approximate surface area is 48.9 Å². The van der Waals surface area contributed by atoms with Crippen molar-refractivity contribution in [3.05, 3.63) is 0 Å². The molecule has 0 aromatic heterocycles. The second-order valence-corrected chi connectivity index (χ2v) is 1.20. The number of hydrogen-bond acceptors (Lipinski definition) is 2. The first-order valence-electron chi connectivity index (χ1n) is 2.54. The van der Waals surface area contributed by atoms with Crippen LogP contribution in [0.1, 0.15) is 7.77 Å². The van der Waals surface area contributed by atoms with Crippen LogP contribution in [0.5, 0.6) is 0 Å². The van der Waals surface area contributed by atoms with Gasteiger partial charge in [0, 0.05) is 7.77 Å². The van der Waals surface area contributed by atoms with Gasteiger partial charge in [-0.25, -0.2) is 0 Å². The molecule has 0 radical (unpaired) electrons. The lowest BCUT2D eigenvalue weighted by atomic mass is 10.2. The minimum Gasteiger partial charge on any atom is -0.480 e. The highest BCUT2D eigenvalue weighted by atomic mass is 16.4. The molecular weight excluding hydrogens is 106 g/mol. The van der Waals surface area contributed by atoms with E-state index in [4.69, 9.17) is 18.6 Å². The predicted octanol–water partition coefficient (Wildman–Crippen LogP) is -0.578. The summed E-state index contributed by atoms with van der Waals surface area (Å²) in [5.74, 6) is 0.664. The van der Waals surface area contributed by atoms with Crippen LogP contribution in [0, 0.1) is 12.3 Å². The molecule has 0 amide bonds. The van der Waals surface area contributed by atoms with Crippen molar-refractivity contribution in [3.8, 4) is 12.3 Å². The fraction of sp³-hybridized carbons (Fsp3) is 0.400. The molecule has 0 rings (SSSR count). The second kappa shape index (κ2) is 3.05. The van der Waals surface area contributed by atoms with Crippen LogP contribution < -0.4 is 5.73 Å². The summed E-state index contributed by atoms with van der Waals surface area (Å²) in [5, 5.41) is 8.14. The summed E-state index contributed by atoms with van der Waals surface area (Å²) in [7, 11) is 0. The maximum Gasteiger partial charge on any atom is 0.321 e. The van der Waals surface area contributed by atoms with Crippen LogP contribution in [-0.4, -0.2) is 17.1 Å². The van der Waals surface area contributed by atoms with Crippen molar-refractivity contribution >= 4 is 5.97 Å². The lowest BCUT2D eigenvalue weighted by Gasteiger charge is -1.96. The molecule has 0 spiro atoms. The third-order valence-corrected chi connectivity index (χ3v) is 0.561. The lowest BCUT2D eigenvalue weighted by Crippen LogP contribution is -2.29. The summed E-state index contributed by atoms with van der Waals surface area (Å²) in [6.07, 6.45) is 3.58. The molecule has 3 nitrogen and oxygen atoms in total. The van der Waals surface area contributed by atoms with Crippen LogP contribution in [0.25, 0.3) is 0 Å². The standard InChI is InChI=1S/C5H7NO2/c1-2-3-4(6)5(7)8/h1,4H,3,6H2,(H,7,8)/t4-/m1/s1/i3D/t3-,4-. The van der Waals surface area contributed by atoms with Gasteiger partial charge in [-0.2, -0.15) is 0 Å². The highest BCUT2D eigenvalue weighted by Gasteiger charge is 2.07. The number of carbonyl (C=O) groups is 1. The maximum absolute atomic E-state index is 9.96. The number of rotatable bonds is 2. The van der Waals surface area contributed by atoms with Gasteiger partial charge in [0.25, 0.3) is 0 Å². The smallest absolute Gasteiger partial charge is 0.321 e. The molecule has 0 fully saturated rings. The van der Waals surface area contributed by atoms with Crippen molar-refractivity contribution in [2.45, 2.75) is 12.4 Å². The van der Waals surface area contributed by atoms with Gasteiger partial charge in [-0.1, -0.05) is 0 Å². The van der Waals surface area contributed by atoms with E-state index in [1.54, 1.807) is 0 Å². The Morgan fingerprint density at radius 1 is 2.25 bits per heavy atom. The van der Waals surface area contributed by atoms with E-state index in [1.165, 1.54) is 0 Å². The highest BCUT2D eigenvalue weighted by molar-refractivity contribution is 5.73. The van der Waals surface area contributed by atoms with E-state index in [0.29, 0.717) is 0 Å². The Bertz CT molecular complexity index is 152. The largest absolute Gasteiger partial charge is 0.480 e. The number of terminal acetylenes is 1. The molecular formula is C5H7NO2. The zero-order valence-electron chi connectivity index (χ0n) is 5.16. The SMILES string of the molecule is [2H][C@H](C#C)[C@@H](N)C(=O)O. The molecule has 0 aliphatic heterocycles. The number of carboxylic acids is 1. The average Bonchev–Trinajstić information content (AvgIpc) is 1.84. The van der Waals surface area contributed by atoms with E-state index in [0.717, 1.165) is 0 Å². The minimum atomic E-state index is -1.27. The van der Waals surface area contributed by atoms with Gasteiger partial charge < -0.3 is 10.8 Å². The number of hydrogen-bond donors (Lipinski definition) is 2. The number of nitrogens with two attached hydrogens (primary N) is 1. The average molecular weight is 114 g/mol. The molecule has 3 N–H and O–H groups in total. The van der Waals surface area contributed by atoms with Crippen molar-refractivity contribution < 1.29 is 11.3 Å². The van der Waals surface area contributed by atoms with E-state index in [1.807, 2.05) is 5.92 Å². The van der Waals surface area contributed by atoms with Gasteiger partial charge in [-0.3, -0.25) is 4.79 Å². The molecule has 0 saturated carbocycles. The molecule has 8 heavy (non-hydrogen) atoms. The zero-order chi connectivity index (χ0) is 7.44. The first-order valence-corrected chi connectivity index (χ1v) is 1.96. The van der Waals surface area contributed by atoms with Crippen LogP contribution in [0.4, 0.5) is 0 Å². The summed E-state index contributed by atoms with van der Waals surface area (Å²) in [6.45, 7) is 0. The number of carboxylic acid groups (broad SMARTS) is 1. The van der Waals surface area contributed by atoms with Crippen LogP contribution in [-0.2, 0) is 4.79 Å². The molecule has 0 aromatic rings. The van der Waals surface area contributed by atoms with Crippen LogP contribution in [0.2, 0.25) is 0 Å². The van der Waals surface area contributed by atoms with Gasteiger partial charge in [-0.05, 0) is 0 Å².